The fourth-order valence-electron chi connectivity index (χ4n) is 1.19. The summed E-state index contributed by atoms with van der Waals surface area (Å²) in [5.41, 5.74) is 3.77. The number of allylic oxidation sites excluding steroid dienone is 2. The van der Waals surface area contributed by atoms with Gasteiger partial charge in [0.25, 0.3) is 0 Å². The van der Waals surface area contributed by atoms with E-state index in [1.807, 2.05) is 26.0 Å². The summed E-state index contributed by atoms with van der Waals surface area (Å²) in [6, 6.07) is 8.28. The molecule has 1 aromatic rings. The molecule has 0 aliphatic heterocycles. The van der Waals surface area contributed by atoms with Gasteiger partial charge in [-0.1, -0.05) is 56.8 Å². The smallest absolute Gasteiger partial charge is 0.0158 e. The van der Waals surface area contributed by atoms with E-state index in [9.17, 15) is 0 Å². The highest BCUT2D eigenvalue weighted by Gasteiger charge is 1.97. The van der Waals surface area contributed by atoms with Crippen LogP contribution in [0.3, 0.4) is 0 Å². The average molecular weight is 188 g/mol. The van der Waals surface area contributed by atoms with Gasteiger partial charge in [-0.2, -0.15) is 0 Å². The third-order valence-electron chi connectivity index (χ3n) is 2.04. The SMILES string of the molecule is C=Cc1ccccc1/C(C)=C\C.CC. The summed E-state index contributed by atoms with van der Waals surface area (Å²) in [7, 11) is 0. The number of rotatable bonds is 2. The van der Waals surface area contributed by atoms with Crippen LogP contribution in [-0.2, 0) is 0 Å². The largest absolute Gasteiger partial charge is 0.0984 e. The second-order valence-corrected chi connectivity index (χ2v) is 2.76. The Bertz CT molecular complexity index is 306. The second-order valence-electron chi connectivity index (χ2n) is 2.76. The van der Waals surface area contributed by atoms with Gasteiger partial charge in [0.15, 0.2) is 0 Å². The van der Waals surface area contributed by atoms with Crippen molar-refractivity contribution < 1.29 is 0 Å². The van der Waals surface area contributed by atoms with Gasteiger partial charge < -0.3 is 0 Å². The van der Waals surface area contributed by atoms with Gasteiger partial charge >= 0.3 is 0 Å². The first kappa shape index (κ1) is 12.7. The molecule has 0 fully saturated rings. The molecule has 0 saturated heterocycles. The van der Waals surface area contributed by atoms with Crippen molar-refractivity contribution in [3.8, 4) is 0 Å². The highest BCUT2D eigenvalue weighted by Crippen LogP contribution is 2.18. The first-order valence-electron chi connectivity index (χ1n) is 5.14. The third-order valence-corrected chi connectivity index (χ3v) is 2.04. The molecule has 0 unspecified atom stereocenters. The van der Waals surface area contributed by atoms with Crippen molar-refractivity contribution in [1.29, 1.82) is 0 Å². The highest BCUT2D eigenvalue weighted by molar-refractivity contribution is 5.72. The summed E-state index contributed by atoms with van der Waals surface area (Å²) in [5, 5.41) is 0. The second kappa shape index (κ2) is 7.14. The maximum atomic E-state index is 3.78. The first-order valence-corrected chi connectivity index (χ1v) is 5.14. The van der Waals surface area contributed by atoms with E-state index in [4.69, 9.17) is 0 Å². The van der Waals surface area contributed by atoms with Gasteiger partial charge in [0.1, 0.15) is 0 Å². The predicted molar refractivity (Wildman–Crippen MR) is 67.2 cm³/mol. The van der Waals surface area contributed by atoms with Gasteiger partial charge in [0, 0.05) is 0 Å². The van der Waals surface area contributed by atoms with Crippen LogP contribution >= 0.6 is 0 Å². The average Bonchev–Trinajstić information content (AvgIpc) is 2.30. The summed E-state index contributed by atoms with van der Waals surface area (Å²) in [5.74, 6) is 0. The van der Waals surface area contributed by atoms with Crippen LogP contribution in [0.5, 0.6) is 0 Å². The fraction of sp³-hybridized carbons (Fsp3) is 0.286. The molecule has 0 heteroatoms. The van der Waals surface area contributed by atoms with Gasteiger partial charge in [-0.05, 0) is 30.5 Å². The monoisotopic (exact) mass is 188 g/mol. The Kier molecular flexibility index (Phi) is 6.47. The van der Waals surface area contributed by atoms with Gasteiger partial charge in [-0.3, -0.25) is 0 Å². The number of hydrogen-bond acceptors (Lipinski definition) is 0. The Hall–Kier alpha value is -1.30. The van der Waals surface area contributed by atoms with Crippen LogP contribution in [0.2, 0.25) is 0 Å². The molecule has 0 spiro atoms. The standard InChI is InChI=1S/C12H14.C2H6/c1-4-10(3)12-9-7-6-8-11(12)5-2;1-2/h4-9H,2H2,1,3H3;1-2H3/b10-4-;. The Morgan fingerprint density at radius 1 is 1.21 bits per heavy atom. The lowest BCUT2D eigenvalue weighted by atomic mass is 10.0. The molecule has 0 aliphatic rings. The molecule has 0 bridgehead atoms. The molecular formula is C14H20. The summed E-state index contributed by atoms with van der Waals surface area (Å²) in [6.45, 7) is 11.9. The maximum absolute atomic E-state index is 3.78. The van der Waals surface area contributed by atoms with E-state index in [0.717, 1.165) is 0 Å². The number of benzene rings is 1. The van der Waals surface area contributed by atoms with Crippen molar-refractivity contribution >= 4 is 11.6 Å². The molecule has 14 heavy (non-hydrogen) atoms. The quantitative estimate of drug-likeness (QED) is 0.626. The Morgan fingerprint density at radius 3 is 2.29 bits per heavy atom. The molecule has 1 aromatic carbocycles. The van der Waals surface area contributed by atoms with Crippen LogP contribution in [0.25, 0.3) is 11.6 Å². The summed E-state index contributed by atoms with van der Waals surface area (Å²) >= 11 is 0. The van der Waals surface area contributed by atoms with E-state index in [1.165, 1.54) is 16.7 Å². The first-order chi connectivity index (χ1) is 6.79. The minimum Gasteiger partial charge on any atom is -0.0984 e. The van der Waals surface area contributed by atoms with Crippen molar-refractivity contribution in [2.45, 2.75) is 27.7 Å². The summed E-state index contributed by atoms with van der Waals surface area (Å²) in [6.07, 6.45) is 4.00. The van der Waals surface area contributed by atoms with Crippen molar-refractivity contribution in [3.05, 3.63) is 48.0 Å². The molecule has 1 rings (SSSR count). The van der Waals surface area contributed by atoms with Crippen LogP contribution in [-0.4, -0.2) is 0 Å². The predicted octanol–water partition coefficient (Wildman–Crippen LogP) is 4.78. The van der Waals surface area contributed by atoms with E-state index in [1.54, 1.807) is 0 Å². The van der Waals surface area contributed by atoms with E-state index < -0.39 is 0 Å². The normalized spacial score (nSPS) is 10.1. The van der Waals surface area contributed by atoms with Crippen LogP contribution < -0.4 is 0 Å². The van der Waals surface area contributed by atoms with Crippen LogP contribution in [0.15, 0.2) is 36.9 Å². The molecule has 0 saturated carbocycles. The third kappa shape index (κ3) is 3.21. The lowest BCUT2D eigenvalue weighted by Crippen LogP contribution is -1.83. The maximum Gasteiger partial charge on any atom is -0.0158 e. The molecule has 0 nitrogen and oxygen atoms in total. The zero-order valence-electron chi connectivity index (χ0n) is 9.67. The van der Waals surface area contributed by atoms with Crippen molar-refractivity contribution in [2.24, 2.45) is 0 Å². The van der Waals surface area contributed by atoms with E-state index in [0.29, 0.717) is 0 Å². The van der Waals surface area contributed by atoms with E-state index >= 15 is 0 Å². The lowest BCUT2D eigenvalue weighted by molar-refractivity contribution is 1.50. The molecule has 76 valence electrons. The molecular weight excluding hydrogens is 168 g/mol. The Labute approximate surface area is 88.0 Å². The van der Waals surface area contributed by atoms with Crippen molar-refractivity contribution in [2.75, 3.05) is 0 Å². The molecule has 0 aromatic heterocycles. The van der Waals surface area contributed by atoms with E-state index in [2.05, 4.69) is 44.7 Å². The molecule has 0 atom stereocenters. The molecule has 0 amide bonds. The Balaban J connectivity index is 0.000000791. The van der Waals surface area contributed by atoms with Gasteiger partial charge in [0.2, 0.25) is 0 Å². The van der Waals surface area contributed by atoms with Gasteiger partial charge in [0.05, 0.1) is 0 Å². The zero-order valence-corrected chi connectivity index (χ0v) is 9.67. The zero-order chi connectivity index (χ0) is 11.0. The lowest BCUT2D eigenvalue weighted by Gasteiger charge is -2.04. The molecule has 0 heterocycles. The van der Waals surface area contributed by atoms with E-state index in [-0.39, 0.29) is 0 Å². The fourth-order valence-corrected chi connectivity index (χ4v) is 1.19. The summed E-state index contributed by atoms with van der Waals surface area (Å²) < 4.78 is 0. The Morgan fingerprint density at radius 2 is 1.79 bits per heavy atom. The van der Waals surface area contributed by atoms with Gasteiger partial charge in [-0.25, -0.2) is 0 Å². The van der Waals surface area contributed by atoms with Crippen molar-refractivity contribution in [3.63, 3.8) is 0 Å². The van der Waals surface area contributed by atoms with Crippen molar-refractivity contribution in [1.82, 2.24) is 0 Å². The highest BCUT2D eigenvalue weighted by atomic mass is 14.0. The minimum atomic E-state index is 1.20. The molecule has 0 radical (unpaired) electrons. The topological polar surface area (TPSA) is 0 Å². The molecule has 0 aliphatic carbocycles. The van der Waals surface area contributed by atoms with Crippen LogP contribution in [0.1, 0.15) is 38.8 Å². The van der Waals surface area contributed by atoms with Gasteiger partial charge in [-0.15, -0.1) is 0 Å². The summed E-state index contributed by atoms with van der Waals surface area (Å²) in [4.78, 5) is 0. The van der Waals surface area contributed by atoms with Crippen LogP contribution in [0.4, 0.5) is 0 Å². The molecule has 0 N–H and O–H groups in total. The minimum absolute atomic E-state index is 1.20. The number of hydrogen-bond donors (Lipinski definition) is 0. The van der Waals surface area contributed by atoms with Crippen LogP contribution in [0, 0.1) is 0 Å².